The number of carbonyl (C=O) groups is 2. The summed E-state index contributed by atoms with van der Waals surface area (Å²) in [5.74, 6) is -0.230. The van der Waals surface area contributed by atoms with Gasteiger partial charge in [0.2, 0.25) is 10.0 Å². The molecule has 1 saturated heterocycles. The fraction of sp³-hybridized carbons (Fsp3) is 0.440. The van der Waals surface area contributed by atoms with Crippen molar-refractivity contribution >= 4 is 54.9 Å². The molecule has 3 aromatic rings. The molecule has 3 heterocycles. The van der Waals surface area contributed by atoms with Crippen LogP contribution in [0.5, 0.6) is 0 Å². The van der Waals surface area contributed by atoms with Crippen LogP contribution in [0.3, 0.4) is 0 Å². The molecule has 1 amide bonds. The number of anilines is 1. The molecule has 0 atom stereocenters. The second-order valence-corrected chi connectivity index (χ2v) is 12.8. The number of aromatic nitrogens is 3. The first kappa shape index (κ1) is 27.8. The first-order chi connectivity index (χ1) is 17.8. The van der Waals surface area contributed by atoms with E-state index in [9.17, 15) is 18.0 Å². The lowest BCUT2D eigenvalue weighted by Gasteiger charge is -2.40. The standard InChI is InChI=1S/C25H30BrN5O6S/c1-24(2,3)37-23(33)29-25(22(32)36-4)10-12-30(13-11-25)20-19-18(26)14-31(21(19)28-16-27-20)38(34,35)15-17-8-6-5-7-9-17/h5-9,14,16H,10-13,15H2,1-4H3,(H,29,33). The van der Waals surface area contributed by atoms with E-state index in [-0.39, 0.29) is 24.2 Å². The molecule has 1 aliphatic rings. The van der Waals surface area contributed by atoms with E-state index >= 15 is 0 Å². The number of hydrogen-bond donors (Lipinski definition) is 1. The Morgan fingerprint density at radius 2 is 1.79 bits per heavy atom. The van der Waals surface area contributed by atoms with Gasteiger partial charge in [0.15, 0.2) is 5.65 Å². The number of piperidine rings is 1. The number of rotatable bonds is 6. The van der Waals surface area contributed by atoms with Gasteiger partial charge in [-0.25, -0.2) is 31.9 Å². The maximum Gasteiger partial charge on any atom is 0.408 e. The third-order valence-corrected chi connectivity index (χ3v) is 8.39. The van der Waals surface area contributed by atoms with Crippen LogP contribution in [-0.4, -0.2) is 65.8 Å². The molecular weight excluding hydrogens is 578 g/mol. The normalized spacial score (nSPS) is 15.8. The molecule has 1 N–H and O–H groups in total. The van der Waals surface area contributed by atoms with Crippen LogP contribution in [0.15, 0.2) is 47.3 Å². The van der Waals surface area contributed by atoms with Crippen molar-refractivity contribution in [3.8, 4) is 0 Å². The number of halogens is 1. The molecule has 0 spiro atoms. The predicted molar refractivity (Wildman–Crippen MR) is 145 cm³/mol. The molecule has 0 bridgehead atoms. The Bertz CT molecular complexity index is 1440. The quantitative estimate of drug-likeness (QED) is 0.417. The van der Waals surface area contributed by atoms with Crippen LogP contribution >= 0.6 is 15.9 Å². The molecule has 1 aromatic carbocycles. The van der Waals surface area contributed by atoms with Crippen molar-refractivity contribution in [3.05, 3.63) is 52.9 Å². The number of nitrogens with zero attached hydrogens (tertiary/aromatic N) is 4. The average molecular weight is 609 g/mol. The number of esters is 1. The van der Waals surface area contributed by atoms with Gasteiger partial charge in [-0.15, -0.1) is 0 Å². The van der Waals surface area contributed by atoms with E-state index in [1.54, 1.807) is 45.0 Å². The SMILES string of the molecule is COC(=O)C1(NC(=O)OC(C)(C)C)CCN(c2ncnc3c2c(Br)cn3S(=O)(=O)Cc2ccccc2)CC1. The van der Waals surface area contributed by atoms with E-state index in [1.807, 2.05) is 11.0 Å². The van der Waals surface area contributed by atoms with Crippen molar-refractivity contribution in [2.24, 2.45) is 0 Å². The Labute approximate surface area is 229 Å². The van der Waals surface area contributed by atoms with Crippen molar-refractivity contribution in [1.82, 2.24) is 19.3 Å². The summed E-state index contributed by atoms with van der Waals surface area (Å²) in [5, 5.41) is 3.26. The minimum absolute atomic E-state index is 0.189. The lowest BCUT2D eigenvalue weighted by Crippen LogP contribution is -2.61. The Balaban J connectivity index is 1.61. The predicted octanol–water partition coefficient (Wildman–Crippen LogP) is 3.61. The molecule has 2 aromatic heterocycles. The molecule has 204 valence electrons. The van der Waals surface area contributed by atoms with Crippen molar-refractivity contribution in [2.75, 3.05) is 25.1 Å². The summed E-state index contributed by atoms with van der Waals surface area (Å²) in [5.41, 5.74) is -1.08. The molecule has 0 unspecified atom stereocenters. The van der Waals surface area contributed by atoms with Gasteiger partial charge in [0, 0.05) is 23.8 Å². The molecule has 1 aliphatic heterocycles. The summed E-state index contributed by atoms with van der Waals surface area (Å²) >= 11 is 3.49. The highest BCUT2D eigenvalue weighted by molar-refractivity contribution is 9.10. The number of fused-ring (bicyclic) bond motifs is 1. The zero-order valence-electron chi connectivity index (χ0n) is 21.6. The second-order valence-electron chi connectivity index (χ2n) is 10.1. The molecule has 13 heteroatoms. The third-order valence-electron chi connectivity index (χ3n) is 6.21. The minimum Gasteiger partial charge on any atom is -0.467 e. The van der Waals surface area contributed by atoms with Crippen molar-refractivity contribution in [3.63, 3.8) is 0 Å². The van der Waals surface area contributed by atoms with Gasteiger partial charge in [-0.2, -0.15) is 0 Å². The van der Waals surface area contributed by atoms with Gasteiger partial charge in [0.1, 0.15) is 23.3 Å². The van der Waals surface area contributed by atoms with E-state index in [0.29, 0.717) is 34.3 Å². The smallest absolute Gasteiger partial charge is 0.408 e. The lowest BCUT2D eigenvalue weighted by atomic mass is 9.87. The molecule has 11 nitrogen and oxygen atoms in total. The summed E-state index contributed by atoms with van der Waals surface area (Å²) in [6.45, 7) is 5.90. The number of alkyl carbamates (subject to hydrolysis) is 1. The molecular formula is C25H30BrN5O6S. The molecule has 0 aliphatic carbocycles. The van der Waals surface area contributed by atoms with Crippen molar-refractivity contribution in [2.45, 2.75) is 50.5 Å². The maximum absolute atomic E-state index is 13.3. The van der Waals surface area contributed by atoms with Gasteiger partial charge in [-0.05, 0) is 55.1 Å². The molecule has 1 fully saturated rings. The molecule has 38 heavy (non-hydrogen) atoms. The van der Waals surface area contributed by atoms with E-state index in [1.165, 1.54) is 19.6 Å². The van der Waals surface area contributed by atoms with E-state index in [2.05, 4.69) is 31.2 Å². The zero-order chi connectivity index (χ0) is 27.7. The topological polar surface area (TPSA) is 133 Å². The van der Waals surface area contributed by atoms with Crippen molar-refractivity contribution in [1.29, 1.82) is 0 Å². The summed E-state index contributed by atoms with van der Waals surface area (Å²) in [6.07, 6.45) is 2.56. The number of methoxy groups -OCH3 is 1. The van der Waals surface area contributed by atoms with Crippen LogP contribution in [0, 0.1) is 0 Å². The fourth-order valence-corrected chi connectivity index (χ4v) is 6.57. The zero-order valence-corrected chi connectivity index (χ0v) is 24.0. The Hall–Kier alpha value is -3.19. The van der Waals surface area contributed by atoms with Crippen LogP contribution < -0.4 is 10.2 Å². The summed E-state index contributed by atoms with van der Waals surface area (Å²) in [6, 6.07) is 8.92. The van der Waals surface area contributed by atoms with Gasteiger partial charge >= 0.3 is 12.1 Å². The number of benzene rings is 1. The van der Waals surface area contributed by atoms with Gasteiger partial charge in [0.05, 0.1) is 18.2 Å². The first-order valence-corrected chi connectivity index (χ1v) is 14.4. The van der Waals surface area contributed by atoms with E-state index in [0.717, 1.165) is 3.97 Å². The average Bonchev–Trinajstić information content (AvgIpc) is 3.21. The number of ether oxygens (including phenoxy) is 2. The van der Waals surface area contributed by atoms with Gasteiger partial charge in [0.25, 0.3) is 0 Å². The van der Waals surface area contributed by atoms with E-state index < -0.39 is 33.2 Å². The monoisotopic (exact) mass is 607 g/mol. The second kappa shape index (κ2) is 10.5. The van der Waals surface area contributed by atoms with Crippen LogP contribution in [-0.2, 0) is 30.0 Å². The number of carbonyl (C=O) groups excluding carboxylic acids is 2. The Kier molecular flexibility index (Phi) is 7.71. The third kappa shape index (κ3) is 5.78. The number of nitrogens with one attached hydrogen (secondary N) is 1. The molecule has 4 rings (SSSR count). The van der Waals surface area contributed by atoms with Crippen LogP contribution in [0.25, 0.3) is 11.0 Å². The Morgan fingerprint density at radius 3 is 2.39 bits per heavy atom. The highest BCUT2D eigenvalue weighted by Gasteiger charge is 2.45. The van der Waals surface area contributed by atoms with E-state index in [4.69, 9.17) is 9.47 Å². The van der Waals surface area contributed by atoms with Crippen molar-refractivity contribution < 1.29 is 27.5 Å². The summed E-state index contributed by atoms with van der Waals surface area (Å²) < 4.78 is 38.6. The number of hydrogen-bond acceptors (Lipinski definition) is 9. The summed E-state index contributed by atoms with van der Waals surface area (Å²) in [4.78, 5) is 35.9. The molecule has 0 saturated carbocycles. The maximum atomic E-state index is 13.3. The van der Waals surface area contributed by atoms with Crippen LogP contribution in [0.2, 0.25) is 0 Å². The fourth-order valence-electron chi connectivity index (χ4n) is 4.46. The Morgan fingerprint density at radius 1 is 1.13 bits per heavy atom. The summed E-state index contributed by atoms with van der Waals surface area (Å²) in [7, 11) is -2.50. The van der Waals surface area contributed by atoms with Crippen LogP contribution in [0.4, 0.5) is 10.6 Å². The van der Waals surface area contributed by atoms with Crippen LogP contribution in [0.1, 0.15) is 39.2 Å². The van der Waals surface area contributed by atoms with Gasteiger partial charge in [-0.3, -0.25) is 0 Å². The lowest BCUT2D eigenvalue weighted by molar-refractivity contribution is -0.149. The minimum atomic E-state index is -3.77. The van der Waals surface area contributed by atoms with Gasteiger partial charge < -0.3 is 19.7 Å². The first-order valence-electron chi connectivity index (χ1n) is 12.0. The number of amides is 1. The van der Waals surface area contributed by atoms with Gasteiger partial charge in [-0.1, -0.05) is 30.3 Å². The largest absolute Gasteiger partial charge is 0.467 e. The molecule has 0 radical (unpaired) electrons. The highest BCUT2D eigenvalue weighted by atomic mass is 79.9. The highest BCUT2D eigenvalue weighted by Crippen LogP contribution is 2.36.